The third-order valence-electron chi connectivity index (χ3n) is 3.57. The molecule has 1 nitrogen and oxygen atoms in total. The van der Waals surface area contributed by atoms with Crippen LogP contribution in [0.3, 0.4) is 0 Å². The zero-order valence-corrected chi connectivity index (χ0v) is 11.8. The summed E-state index contributed by atoms with van der Waals surface area (Å²) in [6, 6.07) is 8.47. The van der Waals surface area contributed by atoms with E-state index in [4.69, 9.17) is 0 Å². The second-order valence-electron chi connectivity index (χ2n) is 4.98. The lowest BCUT2D eigenvalue weighted by Gasteiger charge is -2.28. The highest BCUT2D eigenvalue weighted by molar-refractivity contribution is 5.89. The Hall–Kier alpha value is -1.62. The summed E-state index contributed by atoms with van der Waals surface area (Å²) in [6.45, 7) is 3.65. The highest BCUT2D eigenvalue weighted by atomic mass is 19.3. The predicted molar refractivity (Wildman–Crippen MR) is 76.1 cm³/mol. The Balaban J connectivity index is 2.64. The molecule has 0 saturated heterocycles. The van der Waals surface area contributed by atoms with Crippen molar-refractivity contribution in [2.24, 2.45) is 0 Å². The van der Waals surface area contributed by atoms with Gasteiger partial charge in [0.25, 0.3) is 0 Å². The highest BCUT2D eigenvalue weighted by Gasteiger charge is 2.49. The van der Waals surface area contributed by atoms with Crippen molar-refractivity contribution in [3.63, 3.8) is 0 Å². The van der Waals surface area contributed by atoms with Crippen molar-refractivity contribution < 1.29 is 17.6 Å². The number of hydrogen-bond donors (Lipinski definition) is 1. The lowest BCUT2D eigenvalue weighted by atomic mass is 9.92. The van der Waals surface area contributed by atoms with Crippen molar-refractivity contribution in [2.45, 2.75) is 32.2 Å². The van der Waals surface area contributed by atoms with Crippen molar-refractivity contribution in [3.05, 3.63) is 47.5 Å². The van der Waals surface area contributed by atoms with Crippen LogP contribution in [-0.4, -0.2) is 18.9 Å². The molecule has 2 aromatic carbocycles. The van der Waals surface area contributed by atoms with Crippen LogP contribution in [0.15, 0.2) is 36.4 Å². The summed E-state index contributed by atoms with van der Waals surface area (Å²) in [7, 11) is 0. The minimum absolute atomic E-state index is 0.176. The van der Waals surface area contributed by atoms with Crippen LogP contribution in [0.5, 0.6) is 0 Å². The molecular formula is C16H17F4N. The average molecular weight is 299 g/mol. The van der Waals surface area contributed by atoms with Crippen LogP contribution in [0.2, 0.25) is 0 Å². The Labute approximate surface area is 121 Å². The second kappa shape index (κ2) is 6.02. The molecule has 0 heterocycles. The van der Waals surface area contributed by atoms with Gasteiger partial charge in [-0.25, -0.2) is 8.78 Å². The number of hydrogen-bond acceptors (Lipinski definition) is 1. The summed E-state index contributed by atoms with van der Waals surface area (Å²) in [4.78, 5) is 0. The number of fused-ring (bicyclic) bond motifs is 1. The van der Waals surface area contributed by atoms with Gasteiger partial charge in [-0.05, 0) is 35.4 Å². The third kappa shape index (κ3) is 2.88. The monoisotopic (exact) mass is 299 g/mol. The molecule has 0 bridgehead atoms. The number of halogens is 4. The van der Waals surface area contributed by atoms with E-state index >= 15 is 0 Å². The third-order valence-corrected chi connectivity index (χ3v) is 3.57. The first kappa shape index (κ1) is 15.8. The maximum Gasteiger partial charge on any atom is 0.326 e. The van der Waals surface area contributed by atoms with Crippen LogP contribution in [0.1, 0.15) is 24.1 Å². The molecule has 1 atom stereocenters. The quantitative estimate of drug-likeness (QED) is 0.789. The Bertz CT molecular complexity index is 625. The summed E-state index contributed by atoms with van der Waals surface area (Å²) in [5.74, 6) is -4.13. The fourth-order valence-electron chi connectivity index (χ4n) is 2.51. The van der Waals surface area contributed by atoms with Gasteiger partial charge in [-0.1, -0.05) is 43.3 Å². The summed E-state index contributed by atoms with van der Waals surface area (Å²) in [6.07, 6.45) is -3.72. The van der Waals surface area contributed by atoms with Gasteiger partial charge in [0.15, 0.2) is 0 Å². The number of rotatable bonds is 5. The van der Waals surface area contributed by atoms with Gasteiger partial charge in [0, 0.05) is 0 Å². The molecule has 0 fully saturated rings. The van der Waals surface area contributed by atoms with Crippen LogP contribution in [-0.2, 0) is 0 Å². The van der Waals surface area contributed by atoms with Crippen LogP contribution < -0.4 is 5.32 Å². The van der Waals surface area contributed by atoms with Gasteiger partial charge >= 0.3 is 12.3 Å². The molecule has 2 rings (SSSR count). The minimum Gasteiger partial charge on any atom is -0.305 e. The van der Waals surface area contributed by atoms with E-state index in [1.54, 1.807) is 37.3 Å². The average Bonchev–Trinajstić information content (AvgIpc) is 2.46. The van der Waals surface area contributed by atoms with Gasteiger partial charge in [0.05, 0.1) is 0 Å². The molecule has 0 aliphatic heterocycles. The fraction of sp³-hybridized carbons (Fsp3) is 0.375. The molecule has 5 heteroatoms. The standard InChI is InChI=1S/C16H17F4N/c1-3-21-14(16(19,20)15(17)18)13-9-8-10(2)11-6-4-5-7-12(11)13/h4-9,14-15,21H,3H2,1-2H3. The highest BCUT2D eigenvalue weighted by Crippen LogP contribution is 2.39. The van der Waals surface area contributed by atoms with Crippen molar-refractivity contribution in [1.82, 2.24) is 5.32 Å². The Morgan fingerprint density at radius 1 is 1.05 bits per heavy atom. The Kier molecular flexibility index (Phi) is 4.52. The zero-order chi connectivity index (χ0) is 15.6. The molecule has 0 aliphatic rings. The molecule has 2 aromatic rings. The topological polar surface area (TPSA) is 12.0 Å². The van der Waals surface area contributed by atoms with Crippen molar-refractivity contribution >= 4 is 10.8 Å². The van der Waals surface area contributed by atoms with Crippen LogP contribution >= 0.6 is 0 Å². The largest absolute Gasteiger partial charge is 0.326 e. The molecule has 0 saturated carbocycles. The summed E-state index contributed by atoms with van der Waals surface area (Å²) < 4.78 is 53.3. The van der Waals surface area contributed by atoms with E-state index in [1.165, 1.54) is 6.07 Å². The van der Waals surface area contributed by atoms with E-state index in [0.29, 0.717) is 5.39 Å². The molecule has 0 amide bonds. The first-order valence-corrected chi connectivity index (χ1v) is 6.77. The number of aryl methyl sites for hydroxylation is 1. The number of alkyl halides is 4. The van der Waals surface area contributed by atoms with Crippen LogP contribution in [0, 0.1) is 6.92 Å². The molecule has 0 radical (unpaired) electrons. The predicted octanol–water partition coefficient (Wildman–Crippen LogP) is 4.70. The minimum atomic E-state index is -4.13. The molecule has 0 spiro atoms. The Morgan fingerprint density at radius 3 is 2.24 bits per heavy atom. The van der Waals surface area contributed by atoms with Gasteiger partial charge in [-0.15, -0.1) is 0 Å². The van der Waals surface area contributed by atoms with Crippen molar-refractivity contribution in [2.75, 3.05) is 6.54 Å². The lowest BCUT2D eigenvalue weighted by Crippen LogP contribution is -2.42. The molecule has 1 N–H and O–H groups in total. The van der Waals surface area contributed by atoms with Crippen LogP contribution in [0.4, 0.5) is 17.6 Å². The molecule has 1 unspecified atom stereocenters. The van der Waals surface area contributed by atoms with Gasteiger partial charge in [-0.3, -0.25) is 0 Å². The zero-order valence-electron chi connectivity index (χ0n) is 11.8. The Morgan fingerprint density at radius 2 is 1.67 bits per heavy atom. The lowest BCUT2D eigenvalue weighted by molar-refractivity contribution is -0.151. The van der Waals surface area contributed by atoms with Gasteiger partial charge < -0.3 is 5.32 Å². The number of benzene rings is 2. The van der Waals surface area contributed by atoms with E-state index in [9.17, 15) is 17.6 Å². The maximum absolute atomic E-state index is 13.9. The first-order chi connectivity index (χ1) is 9.89. The van der Waals surface area contributed by atoms with Crippen LogP contribution in [0.25, 0.3) is 10.8 Å². The molecular weight excluding hydrogens is 282 g/mol. The van der Waals surface area contributed by atoms with E-state index in [-0.39, 0.29) is 12.1 Å². The van der Waals surface area contributed by atoms with Crippen molar-refractivity contribution in [3.8, 4) is 0 Å². The normalized spacial score (nSPS) is 13.9. The van der Waals surface area contributed by atoms with Gasteiger partial charge in [0.2, 0.25) is 0 Å². The van der Waals surface area contributed by atoms with E-state index < -0.39 is 18.4 Å². The van der Waals surface area contributed by atoms with E-state index in [2.05, 4.69) is 5.32 Å². The van der Waals surface area contributed by atoms with Gasteiger partial charge in [0.1, 0.15) is 6.04 Å². The van der Waals surface area contributed by atoms with E-state index in [1.807, 2.05) is 6.92 Å². The SMILES string of the molecule is CCNC(c1ccc(C)c2ccccc12)C(F)(F)C(F)F. The van der Waals surface area contributed by atoms with Crippen molar-refractivity contribution in [1.29, 1.82) is 0 Å². The fourth-order valence-corrected chi connectivity index (χ4v) is 2.51. The molecule has 114 valence electrons. The maximum atomic E-state index is 13.9. The number of nitrogens with one attached hydrogen (secondary N) is 1. The molecule has 21 heavy (non-hydrogen) atoms. The molecule has 0 aliphatic carbocycles. The van der Waals surface area contributed by atoms with Gasteiger partial charge in [-0.2, -0.15) is 8.78 Å². The summed E-state index contributed by atoms with van der Waals surface area (Å²) >= 11 is 0. The van der Waals surface area contributed by atoms with E-state index in [0.717, 1.165) is 10.9 Å². The first-order valence-electron chi connectivity index (χ1n) is 6.77. The molecule has 0 aromatic heterocycles. The summed E-state index contributed by atoms with van der Waals surface area (Å²) in [5.41, 5.74) is 1.12. The smallest absolute Gasteiger partial charge is 0.305 e. The summed E-state index contributed by atoms with van der Waals surface area (Å²) in [5, 5.41) is 3.87. The second-order valence-corrected chi connectivity index (χ2v) is 4.98.